The lowest BCUT2D eigenvalue weighted by molar-refractivity contribution is 0.0585. The van der Waals surface area contributed by atoms with Crippen molar-refractivity contribution in [2.45, 2.75) is 38.8 Å². The second-order valence-electron chi connectivity index (χ2n) is 5.85. The summed E-state index contributed by atoms with van der Waals surface area (Å²) >= 11 is 0. The van der Waals surface area contributed by atoms with E-state index in [4.69, 9.17) is 0 Å². The molecule has 1 unspecified atom stereocenters. The Bertz CT molecular complexity index is 540. The third-order valence-corrected chi connectivity index (χ3v) is 3.34. The number of hydrogen-bond donors (Lipinski definition) is 2. The van der Waals surface area contributed by atoms with E-state index in [1.54, 1.807) is 0 Å². The Morgan fingerprint density at radius 3 is 2.53 bits per heavy atom. The second-order valence-corrected chi connectivity index (χ2v) is 5.85. The monoisotopic (exact) mass is 257 g/mol. The Kier molecular flexibility index (Phi) is 4.23. The first kappa shape index (κ1) is 14.0. The first-order chi connectivity index (χ1) is 8.98. The summed E-state index contributed by atoms with van der Waals surface area (Å²) in [7, 11) is 0. The van der Waals surface area contributed by atoms with Crippen LogP contribution in [0.5, 0.6) is 0 Å². The molecule has 102 valence electrons. The average Bonchev–Trinajstić information content (AvgIpc) is 2.37. The summed E-state index contributed by atoms with van der Waals surface area (Å²) in [6.45, 7) is 6.68. The van der Waals surface area contributed by atoms with Crippen molar-refractivity contribution in [1.82, 2.24) is 5.32 Å². The molecule has 0 bridgehead atoms. The molecule has 0 saturated carbocycles. The van der Waals surface area contributed by atoms with E-state index >= 15 is 0 Å². The minimum absolute atomic E-state index is 0.388. The molecule has 2 nitrogen and oxygen atoms in total. The molecule has 0 aliphatic rings. The van der Waals surface area contributed by atoms with Crippen molar-refractivity contribution in [1.29, 1.82) is 0 Å². The maximum Gasteiger partial charge on any atom is 0.0784 e. The molecule has 0 aliphatic heterocycles. The van der Waals surface area contributed by atoms with Gasteiger partial charge in [-0.2, -0.15) is 0 Å². The number of benzene rings is 2. The minimum atomic E-state index is -0.728. The summed E-state index contributed by atoms with van der Waals surface area (Å²) in [5, 5.41) is 16.3. The summed E-state index contributed by atoms with van der Waals surface area (Å²) in [5.41, 5.74) is 0.475. The number of hydrogen-bond acceptors (Lipinski definition) is 2. The molecule has 0 aliphatic carbocycles. The largest absolute Gasteiger partial charge is 0.389 e. The highest BCUT2D eigenvalue weighted by Gasteiger charge is 2.21. The van der Waals surface area contributed by atoms with Crippen LogP contribution >= 0.6 is 0 Å². The molecule has 2 N–H and O–H groups in total. The number of fused-ring (bicyclic) bond motifs is 1. The summed E-state index contributed by atoms with van der Waals surface area (Å²) < 4.78 is 0. The molecule has 0 spiro atoms. The molecule has 1 atom stereocenters. The number of rotatable bonds is 5. The van der Waals surface area contributed by atoms with Gasteiger partial charge in [-0.3, -0.25) is 0 Å². The van der Waals surface area contributed by atoms with E-state index in [1.165, 1.54) is 16.3 Å². The van der Waals surface area contributed by atoms with Gasteiger partial charge in [-0.25, -0.2) is 0 Å². The molecule has 2 aromatic carbocycles. The van der Waals surface area contributed by atoms with Crippen LogP contribution in [0.4, 0.5) is 0 Å². The van der Waals surface area contributed by atoms with Crippen molar-refractivity contribution < 1.29 is 5.11 Å². The van der Waals surface area contributed by atoms with Crippen LogP contribution in [-0.2, 0) is 6.42 Å². The lowest BCUT2D eigenvalue weighted by atomic mass is 9.92. The Morgan fingerprint density at radius 1 is 1.11 bits per heavy atom. The average molecular weight is 257 g/mol. The third-order valence-electron chi connectivity index (χ3n) is 3.34. The van der Waals surface area contributed by atoms with E-state index in [0.717, 1.165) is 0 Å². The predicted octanol–water partition coefficient (Wildman–Crippen LogP) is 3.13. The fraction of sp³-hybridized carbons (Fsp3) is 0.412. The lowest BCUT2D eigenvalue weighted by Gasteiger charge is -2.25. The van der Waals surface area contributed by atoms with Gasteiger partial charge in [0.15, 0.2) is 0 Å². The minimum Gasteiger partial charge on any atom is -0.389 e. The Balaban J connectivity index is 2.21. The molecule has 0 amide bonds. The normalized spacial score (nSPS) is 14.8. The molecular weight excluding hydrogens is 234 g/mol. The van der Waals surface area contributed by atoms with E-state index < -0.39 is 5.60 Å². The fourth-order valence-corrected chi connectivity index (χ4v) is 2.34. The van der Waals surface area contributed by atoms with Crippen LogP contribution in [0.2, 0.25) is 0 Å². The zero-order chi connectivity index (χ0) is 13.9. The summed E-state index contributed by atoms with van der Waals surface area (Å²) in [5.74, 6) is 0. The van der Waals surface area contributed by atoms with Crippen molar-refractivity contribution >= 4 is 10.8 Å². The van der Waals surface area contributed by atoms with Gasteiger partial charge in [-0.1, -0.05) is 56.3 Å². The molecule has 2 heteroatoms. The SMILES string of the molecule is CC(C)NCC(C)(O)Cc1cccc2ccccc12. The van der Waals surface area contributed by atoms with Crippen molar-refractivity contribution in [2.75, 3.05) is 6.54 Å². The van der Waals surface area contributed by atoms with Gasteiger partial charge in [0.25, 0.3) is 0 Å². The van der Waals surface area contributed by atoms with Gasteiger partial charge in [-0.15, -0.1) is 0 Å². The molecule has 2 aromatic rings. The third kappa shape index (κ3) is 3.79. The Morgan fingerprint density at radius 2 is 1.79 bits per heavy atom. The zero-order valence-electron chi connectivity index (χ0n) is 12.0. The van der Waals surface area contributed by atoms with Crippen LogP contribution in [0.15, 0.2) is 42.5 Å². The summed E-state index contributed by atoms with van der Waals surface area (Å²) in [4.78, 5) is 0. The van der Waals surface area contributed by atoms with Crippen molar-refractivity contribution in [3.8, 4) is 0 Å². The van der Waals surface area contributed by atoms with Gasteiger partial charge in [-0.05, 0) is 23.3 Å². The highest BCUT2D eigenvalue weighted by Crippen LogP contribution is 2.22. The molecule has 0 fully saturated rings. The second kappa shape index (κ2) is 5.72. The maximum absolute atomic E-state index is 10.5. The lowest BCUT2D eigenvalue weighted by Crippen LogP contribution is -2.42. The van der Waals surface area contributed by atoms with Gasteiger partial charge in [0.05, 0.1) is 5.60 Å². The van der Waals surface area contributed by atoms with E-state index in [0.29, 0.717) is 19.0 Å². The smallest absolute Gasteiger partial charge is 0.0784 e. The molecule has 0 saturated heterocycles. The van der Waals surface area contributed by atoms with Crippen LogP contribution in [0, 0.1) is 0 Å². The number of aliphatic hydroxyl groups is 1. The standard InChI is InChI=1S/C17H23NO/c1-13(2)18-12-17(3,19)11-15-9-6-8-14-7-4-5-10-16(14)15/h4-10,13,18-19H,11-12H2,1-3H3. The summed E-state index contributed by atoms with van der Waals surface area (Å²) in [6, 6.07) is 15.0. The van der Waals surface area contributed by atoms with Crippen molar-refractivity contribution in [3.05, 3.63) is 48.0 Å². The summed E-state index contributed by atoms with van der Waals surface area (Å²) in [6.07, 6.45) is 0.661. The van der Waals surface area contributed by atoms with E-state index in [9.17, 15) is 5.11 Å². The molecular formula is C17H23NO. The molecule has 0 aromatic heterocycles. The Hall–Kier alpha value is -1.38. The van der Waals surface area contributed by atoms with Gasteiger partial charge in [0.2, 0.25) is 0 Å². The molecule has 2 rings (SSSR count). The quantitative estimate of drug-likeness (QED) is 0.862. The van der Waals surface area contributed by atoms with Gasteiger partial charge < -0.3 is 10.4 Å². The van der Waals surface area contributed by atoms with Crippen LogP contribution in [0.3, 0.4) is 0 Å². The number of nitrogens with one attached hydrogen (secondary N) is 1. The van der Waals surface area contributed by atoms with Crippen molar-refractivity contribution in [2.24, 2.45) is 0 Å². The highest BCUT2D eigenvalue weighted by molar-refractivity contribution is 5.85. The van der Waals surface area contributed by atoms with E-state index in [-0.39, 0.29) is 0 Å². The topological polar surface area (TPSA) is 32.3 Å². The predicted molar refractivity (Wildman–Crippen MR) is 81.4 cm³/mol. The Labute approximate surface area is 115 Å². The zero-order valence-corrected chi connectivity index (χ0v) is 12.0. The first-order valence-corrected chi connectivity index (χ1v) is 6.90. The molecule has 19 heavy (non-hydrogen) atoms. The maximum atomic E-state index is 10.5. The van der Waals surface area contributed by atoms with E-state index in [1.807, 2.05) is 19.1 Å². The first-order valence-electron chi connectivity index (χ1n) is 6.90. The molecule has 0 radical (unpaired) electrons. The van der Waals surface area contributed by atoms with Crippen LogP contribution in [-0.4, -0.2) is 23.3 Å². The highest BCUT2D eigenvalue weighted by atomic mass is 16.3. The molecule has 0 heterocycles. The van der Waals surface area contributed by atoms with Crippen LogP contribution < -0.4 is 5.32 Å². The van der Waals surface area contributed by atoms with Gasteiger partial charge >= 0.3 is 0 Å². The fourth-order valence-electron chi connectivity index (χ4n) is 2.34. The van der Waals surface area contributed by atoms with Crippen LogP contribution in [0.25, 0.3) is 10.8 Å². The van der Waals surface area contributed by atoms with Crippen LogP contribution in [0.1, 0.15) is 26.3 Å². The van der Waals surface area contributed by atoms with Gasteiger partial charge in [0, 0.05) is 19.0 Å². The van der Waals surface area contributed by atoms with E-state index in [2.05, 4.69) is 49.5 Å². The van der Waals surface area contributed by atoms with Gasteiger partial charge in [0.1, 0.15) is 0 Å². The van der Waals surface area contributed by atoms with Crippen molar-refractivity contribution in [3.63, 3.8) is 0 Å².